The Morgan fingerprint density at radius 1 is 1.21 bits per heavy atom. The van der Waals surface area contributed by atoms with Gasteiger partial charge >= 0.3 is 12.1 Å². The van der Waals surface area contributed by atoms with Gasteiger partial charge in [0.05, 0.1) is 11.5 Å². The molecule has 0 spiro atoms. The molecule has 1 saturated carbocycles. The number of nitrogens with zero attached hydrogens (tertiary/aromatic N) is 1. The summed E-state index contributed by atoms with van der Waals surface area (Å²) in [6, 6.07) is 5.54. The van der Waals surface area contributed by atoms with Gasteiger partial charge in [0.2, 0.25) is 0 Å². The van der Waals surface area contributed by atoms with Crippen molar-refractivity contribution in [3.63, 3.8) is 0 Å². The topological polar surface area (TPSA) is 128 Å². The van der Waals surface area contributed by atoms with Gasteiger partial charge in [-0.05, 0) is 51.7 Å². The number of amides is 1. The van der Waals surface area contributed by atoms with E-state index in [9.17, 15) is 24.8 Å². The molecule has 1 aromatic carbocycles. The molecule has 9 heteroatoms. The Morgan fingerprint density at radius 2 is 1.79 bits per heavy atom. The number of carboxylic acid groups (broad SMARTS) is 1. The fourth-order valence-corrected chi connectivity index (χ4v) is 3.60. The molecule has 0 heterocycles. The lowest BCUT2D eigenvalue weighted by Gasteiger charge is -2.36. The van der Waals surface area contributed by atoms with E-state index in [1.165, 1.54) is 24.3 Å². The third-order valence-corrected chi connectivity index (χ3v) is 4.97. The fourth-order valence-electron chi connectivity index (χ4n) is 3.60. The second-order valence-corrected chi connectivity index (χ2v) is 8.23. The summed E-state index contributed by atoms with van der Waals surface area (Å²) in [5.41, 5.74) is -2.31. The van der Waals surface area contributed by atoms with E-state index < -0.39 is 28.1 Å². The summed E-state index contributed by atoms with van der Waals surface area (Å²) in [5.74, 6) is -0.964. The Hall–Kier alpha value is -2.84. The standard InChI is InChI=1S/C20H28N2O7/c1-19(2,3)29-18(25)21-20(17(23)24,14-6-4-5-7-14)12-13-28-16-10-8-15(9-11-16)22(26)27/h8-11,14H,4-7,12-13H2,1-3H3,(H,21,25)(H,23,24)/t20-/m0/s1. The smallest absolute Gasteiger partial charge is 0.408 e. The maximum absolute atomic E-state index is 12.4. The van der Waals surface area contributed by atoms with Crippen LogP contribution in [0.1, 0.15) is 52.9 Å². The molecule has 0 saturated heterocycles. The first-order valence-electron chi connectivity index (χ1n) is 9.65. The quantitative estimate of drug-likeness (QED) is 0.493. The predicted molar refractivity (Wildman–Crippen MR) is 105 cm³/mol. The molecule has 1 aliphatic rings. The first kappa shape index (κ1) is 22.4. The average Bonchev–Trinajstić information content (AvgIpc) is 3.14. The molecular weight excluding hydrogens is 380 g/mol. The summed E-state index contributed by atoms with van der Waals surface area (Å²) in [4.78, 5) is 34.9. The average molecular weight is 408 g/mol. The van der Waals surface area contributed by atoms with Crippen LogP contribution >= 0.6 is 0 Å². The summed E-state index contributed by atoms with van der Waals surface area (Å²) in [6.07, 6.45) is 2.46. The van der Waals surface area contributed by atoms with E-state index in [0.717, 1.165) is 12.8 Å². The molecule has 29 heavy (non-hydrogen) atoms. The highest BCUT2D eigenvalue weighted by Gasteiger charge is 2.48. The lowest BCUT2D eigenvalue weighted by atomic mass is 9.80. The van der Waals surface area contributed by atoms with Crippen LogP contribution in [0.5, 0.6) is 5.75 Å². The van der Waals surface area contributed by atoms with E-state index in [1.807, 2.05) is 0 Å². The van der Waals surface area contributed by atoms with Crippen LogP contribution < -0.4 is 10.1 Å². The molecule has 0 aromatic heterocycles. The van der Waals surface area contributed by atoms with Crippen LogP contribution in [-0.4, -0.2) is 39.8 Å². The van der Waals surface area contributed by atoms with Gasteiger partial charge in [0.1, 0.15) is 16.9 Å². The minimum atomic E-state index is -1.50. The number of carbonyl (C=O) groups excluding carboxylic acids is 1. The zero-order chi connectivity index (χ0) is 21.7. The van der Waals surface area contributed by atoms with Crippen molar-refractivity contribution >= 4 is 17.7 Å². The summed E-state index contributed by atoms with van der Waals surface area (Å²) < 4.78 is 10.9. The highest BCUT2D eigenvalue weighted by molar-refractivity contribution is 5.85. The number of aliphatic carboxylic acids is 1. The third-order valence-electron chi connectivity index (χ3n) is 4.97. The lowest BCUT2D eigenvalue weighted by Crippen LogP contribution is -2.60. The summed E-state index contributed by atoms with van der Waals surface area (Å²) in [5, 5.41) is 23.4. The number of hydrogen-bond acceptors (Lipinski definition) is 6. The molecule has 2 rings (SSSR count). The highest BCUT2D eigenvalue weighted by Crippen LogP contribution is 2.37. The van der Waals surface area contributed by atoms with Gasteiger partial charge < -0.3 is 19.9 Å². The van der Waals surface area contributed by atoms with E-state index in [2.05, 4.69) is 5.32 Å². The van der Waals surface area contributed by atoms with Crippen molar-refractivity contribution in [1.29, 1.82) is 0 Å². The van der Waals surface area contributed by atoms with Gasteiger partial charge in [-0.3, -0.25) is 10.1 Å². The van der Waals surface area contributed by atoms with Gasteiger partial charge in [-0.1, -0.05) is 12.8 Å². The van der Waals surface area contributed by atoms with E-state index in [4.69, 9.17) is 9.47 Å². The zero-order valence-electron chi connectivity index (χ0n) is 17.0. The molecule has 0 radical (unpaired) electrons. The molecule has 1 amide bonds. The number of nitro benzene ring substituents is 1. The number of carboxylic acids is 1. The van der Waals surface area contributed by atoms with Crippen LogP contribution in [0.25, 0.3) is 0 Å². The second kappa shape index (κ2) is 9.11. The van der Waals surface area contributed by atoms with Crippen molar-refractivity contribution in [2.24, 2.45) is 5.92 Å². The molecule has 2 N–H and O–H groups in total. The molecule has 1 atom stereocenters. The number of nitrogens with one attached hydrogen (secondary N) is 1. The maximum Gasteiger partial charge on any atom is 0.408 e. The van der Waals surface area contributed by atoms with Gasteiger partial charge in [0, 0.05) is 18.6 Å². The van der Waals surface area contributed by atoms with E-state index >= 15 is 0 Å². The normalized spacial score (nSPS) is 16.7. The third kappa shape index (κ3) is 6.07. The van der Waals surface area contributed by atoms with Gasteiger partial charge in [-0.2, -0.15) is 0 Å². The number of nitro groups is 1. The molecule has 0 bridgehead atoms. The molecule has 9 nitrogen and oxygen atoms in total. The first-order valence-corrected chi connectivity index (χ1v) is 9.65. The van der Waals surface area contributed by atoms with Crippen molar-refractivity contribution in [2.75, 3.05) is 6.61 Å². The molecular formula is C20H28N2O7. The zero-order valence-corrected chi connectivity index (χ0v) is 17.0. The molecule has 0 aliphatic heterocycles. The van der Waals surface area contributed by atoms with Crippen LogP contribution in [0.3, 0.4) is 0 Å². The SMILES string of the molecule is CC(C)(C)OC(=O)N[C@](CCOc1ccc([N+](=O)[O-])cc1)(C(=O)O)C1CCCC1. The van der Waals surface area contributed by atoms with Gasteiger partial charge in [-0.25, -0.2) is 9.59 Å². The summed E-state index contributed by atoms with van der Waals surface area (Å²) >= 11 is 0. The van der Waals surface area contributed by atoms with Gasteiger partial charge in [0.25, 0.3) is 5.69 Å². The number of rotatable bonds is 8. The first-order chi connectivity index (χ1) is 13.5. The van der Waals surface area contributed by atoms with Crippen LogP contribution in [0.2, 0.25) is 0 Å². The number of ether oxygens (including phenoxy) is 2. The number of benzene rings is 1. The molecule has 1 fully saturated rings. The minimum Gasteiger partial charge on any atom is -0.493 e. The Bertz CT molecular complexity index is 736. The van der Waals surface area contributed by atoms with Crippen molar-refractivity contribution in [3.05, 3.63) is 34.4 Å². The van der Waals surface area contributed by atoms with Crippen molar-refractivity contribution in [2.45, 2.75) is 64.0 Å². The Morgan fingerprint density at radius 3 is 2.28 bits per heavy atom. The summed E-state index contributed by atoms with van der Waals surface area (Å²) in [7, 11) is 0. The predicted octanol–water partition coefficient (Wildman–Crippen LogP) is 3.90. The number of non-ortho nitro benzene ring substituents is 1. The lowest BCUT2D eigenvalue weighted by molar-refractivity contribution is -0.384. The molecule has 1 aliphatic carbocycles. The minimum absolute atomic E-state index is 0.0242. The number of hydrogen-bond donors (Lipinski definition) is 2. The Labute approximate surface area is 169 Å². The Balaban J connectivity index is 2.12. The fraction of sp³-hybridized carbons (Fsp3) is 0.600. The van der Waals surface area contributed by atoms with Crippen molar-refractivity contribution < 1.29 is 29.1 Å². The van der Waals surface area contributed by atoms with Crippen molar-refractivity contribution in [3.8, 4) is 5.75 Å². The molecule has 1 aromatic rings. The molecule has 160 valence electrons. The monoisotopic (exact) mass is 408 g/mol. The maximum atomic E-state index is 12.4. The van der Waals surface area contributed by atoms with Crippen LogP contribution in [0, 0.1) is 16.0 Å². The molecule has 0 unspecified atom stereocenters. The van der Waals surface area contributed by atoms with Gasteiger partial charge in [0.15, 0.2) is 0 Å². The Kier molecular flexibility index (Phi) is 7.05. The van der Waals surface area contributed by atoms with Crippen LogP contribution in [0.15, 0.2) is 24.3 Å². The number of carbonyl (C=O) groups is 2. The van der Waals surface area contributed by atoms with E-state index in [-0.39, 0.29) is 24.6 Å². The largest absolute Gasteiger partial charge is 0.493 e. The van der Waals surface area contributed by atoms with Crippen LogP contribution in [-0.2, 0) is 9.53 Å². The highest BCUT2D eigenvalue weighted by atomic mass is 16.6. The van der Waals surface area contributed by atoms with Crippen molar-refractivity contribution in [1.82, 2.24) is 5.32 Å². The second-order valence-electron chi connectivity index (χ2n) is 8.23. The van der Waals surface area contributed by atoms with E-state index in [1.54, 1.807) is 20.8 Å². The summed E-state index contributed by atoms with van der Waals surface area (Å²) in [6.45, 7) is 5.16. The van der Waals surface area contributed by atoms with Gasteiger partial charge in [-0.15, -0.1) is 0 Å². The number of alkyl carbamates (subject to hydrolysis) is 1. The van der Waals surface area contributed by atoms with Crippen LogP contribution in [0.4, 0.5) is 10.5 Å². The van der Waals surface area contributed by atoms with E-state index in [0.29, 0.717) is 18.6 Å².